The third-order valence-electron chi connectivity index (χ3n) is 2.59. The summed E-state index contributed by atoms with van der Waals surface area (Å²) in [7, 11) is 0. The minimum atomic E-state index is 0.186. The van der Waals surface area contributed by atoms with Gasteiger partial charge in [-0.2, -0.15) is 5.26 Å². The molecule has 0 aromatic carbocycles. The second-order valence-corrected chi connectivity index (χ2v) is 5.33. The van der Waals surface area contributed by atoms with E-state index in [0.717, 1.165) is 16.4 Å². The summed E-state index contributed by atoms with van der Waals surface area (Å²) in [4.78, 5) is 9.69. The van der Waals surface area contributed by atoms with E-state index in [-0.39, 0.29) is 6.04 Å². The Balaban J connectivity index is 2.13. The quantitative estimate of drug-likeness (QED) is 0.918. The van der Waals surface area contributed by atoms with Crippen molar-refractivity contribution in [3.63, 3.8) is 0 Å². The van der Waals surface area contributed by atoms with Gasteiger partial charge in [-0.3, -0.25) is 0 Å². The van der Waals surface area contributed by atoms with Gasteiger partial charge in [0, 0.05) is 4.88 Å². The Bertz CT molecular complexity index is 580. The van der Waals surface area contributed by atoms with Crippen molar-refractivity contribution in [2.45, 2.75) is 26.8 Å². The van der Waals surface area contributed by atoms with Gasteiger partial charge in [-0.1, -0.05) is 0 Å². The minimum Gasteiger partial charge on any atom is -0.376 e. The summed E-state index contributed by atoms with van der Waals surface area (Å²) in [5, 5.41) is 13.1. The van der Waals surface area contributed by atoms with E-state index in [1.165, 1.54) is 4.88 Å². The van der Waals surface area contributed by atoms with Crippen LogP contribution >= 0.6 is 11.3 Å². The zero-order chi connectivity index (χ0) is 13.1. The molecule has 0 aliphatic rings. The molecule has 0 fully saturated rings. The molecule has 0 radical (unpaired) electrons. The zero-order valence-corrected chi connectivity index (χ0v) is 11.4. The number of hydrogen-bond acceptors (Lipinski definition) is 5. The van der Waals surface area contributed by atoms with Gasteiger partial charge in [-0.15, -0.1) is 11.3 Å². The lowest BCUT2D eigenvalue weighted by atomic mass is 10.2. The number of nitrogens with one attached hydrogen (secondary N) is 1. The Hall–Kier alpha value is -1.93. The number of pyridine rings is 1. The zero-order valence-electron chi connectivity index (χ0n) is 10.6. The topological polar surface area (TPSA) is 61.6 Å². The summed E-state index contributed by atoms with van der Waals surface area (Å²) in [5.74, 6) is 0. The normalized spacial score (nSPS) is 11.9. The maximum Gasteiger partial charge on any atom is 0.140 e. The van der Waals surface area contributed by atoms with Crippen LogP contribution in [0, 0.1) is 25.2 Å². The molecule has 4 nitrogen and oxygen atoms in total. The third-order valence-corrected chi connectivity index (χ3v) is 3.85. The van der Waals surface area contributed by atoms with Crippen LogP contribution in [0.2, 0.25) is 0 Å². The maximum atomic E-state index is 8.69. The predicted octanol–water partition coefficient (Wildman–Crippen LogP) is 3.20. The van der Waals surface area contributed by atoms with Gasteiger partial charge in [0.1, 0.15) is 11.8 Å². The van der Waals surface area contributed by atoms with Gasteiger partial charge in [0.25, 0.3) is 0 Å². The molecule has 0 spiro atoms. The Morgan fingerprint density at radius 3 is 2.67 bits per heavy atom. The number of anilines is 1. The van der Waals surface area contributed by atoms with E-state index in [1.807, 2.05) is 26.0 Å². The van der Waals surface area contributed by atoms with Crippen molar-refractivity contribution >= 4 is 17.0 Å². The highest BCUT2D eigenvalue weighted by Crippen LogP contribution is 2.27. The minimum absolute atomic E-state index is 0.186. The van der Waals surface area contributed by atoms with E-state index < -0.39 is 0 Å². The molecule has 0 bridgehead atoms. The molecular formula is C13H14N4S. The molecule has 1 N–H and O–H groups in total. The van der Waals surface area contributed by atoms with Crippen molar-refractivity contribution < 1.29 is 0 Å². The average Bonchev–Trinajstić information content (AvgIpc) is 2.69. The summed E-state index contributed by atoms with van der Waals surface area (Å²) in [6.07, 6.45) is 1.68. The van der Waals surface area contributed by atoms with Crippen LogP contribution in [0.5, 0.6) is 0 Å². The van der Waals surface area contributed by atoms with Crippen LogP contribution in [0.4, 0.5) is 5.69 Å². The van der Waals surface area contributed by atoms with Crippen LogP contribution in [-0.2, 0) is 0 Å². The number of thiazole rings is 1. The van der Waals surface area contributed by atoms with E-state index in [0.29, 0.717) is 5.69 Å². The molecule has 0 saturated heterocycles. The van der Waals surface area contributed by atoms with Gasteiger partial charge in [0.2, 0.25) is 0 Å². The molecule has 0 amide bonds. The molecule has 18 heavy (non-hydrogen) atoms. The highest BCUT2D eigenvalue weighted by atomic mass is 32.1. The molecule has 2 rings (SSSR count). The monoisotopic (exact) mass is 258 g/mol. The molecule has 92 valence electrons. The van der Waals surface area contributed by atoms with Crippen molar-refractivity contribution in [1.82, 2.24) is 9.97 Å². The fraction of sp³-hybridized carbons (Fsp3) is 0.308. The Kier molecular flexibility index (Phi) is 3.58. The van der Waals surface area contributed by atoms with Gasteiger partial charge >= 0.3 is 0 Å². The number of nitrogens with zero attached hydrogens (tertiary/aromatic N) is 3. The summed E-state index contributed by atoms with van der Waals surface area (Å²) in [6, 6.07) is 5.77. The SMILES string of the molecule is Cc1nc(C)c(C(C)Nc2ccc(C#N)nc2)s1. The Morgan fingerprint density at radius 1 is 1.39 bits per heavy atom. The first kappa shape index (κ1) is 12.5. The van der Waals surface area contributed by atoms with Crippen molar-refractivity contribution in [1.29, 1.82) is 5.26 Å². The van der Waals surface area contributed by atoms with Gasteiger partial charge in [-0.05, 0) is 32.9 Å². The Morgan fingerprint density at radius 2 is 2.17 bits per heavy atom. The lowest BCUT2D eigenvalue weighted by Gasteiger charge is -2.13. The second kappa shape index (κ2) is 5.15. The molecule has 0 aliphatic heterocycles. The summed E-state index contributed by atoms with van der Waals surface area (Å²) in [6.45, 7) is 6.13. The molecule has 2 heterocycles. The lowest BCUT2D eigenvalue weighted by molar-refractivity contribution is 0.888. The number of aromatic nitrogens is 2. The molecular weight excluding hydrogens is 244 g/mol. The smallest absolute Gasteiger partial charge is 0.140 e. The second-order valence-electron chi connectivity index (χ2n) is 4.09. The fourth-order valence-corrected chi connectivity index (χ4v) is 2.74. The average molecular weight is 258 g/mol. The van der Waals surface area contributed by atoms with Gasteiger partial charge in [0.05, 0.1) is 28.6 Å². The van der Waals surface area contributed by atoms with Crippen molar-refractivity contribution in [3.8, 4) is 6.07 Å². The first-order valence-electron chi connectivity index (χ1n) is 5.66. The van der Waals surface area contributed by atoms with E-state index in [1.54, 1.807) is 23.6 Å². The molecule has 1 atom stereocenters. The summed E-state index contributed by atoms with van der Waals surface area (Å²) in [5.41, 5.74) is 2.41. The summed E-state index contributed by atoms with van der Waals surface area (Å²) < 4.78 is 0. The van der Waals surface area contributed by atoms with Crippen LogP contribution < -0.4 is 5.32 Å². The highest BCUT2D eigenvalue weighted by Gasteiger charge is 2.12. The van der Waals surface area contributed by atoms with Crippen LogP contribution in [0.25, 0.3) is 0 Å². The predicted molar refractivity (Wildman–Crippen MR) is 72.6 cm³/mol. The number of nitriles is 1. The van der Waals surface area contributed by atoms with E-state index in [4.69, 9.17) is 5.26 Å². The standard InChI is InChI=1S/C13H14N4S/c1-8-13(18-10(3)16-8)9(2)17-12-5-4-11(6-14)15-7-12/h4-5,7,9,17H,1-3H3. The molecule has 1 unspecified atom stereocenters. The third kappa shape index (κ3) is 2.66. The number of aryl methyl sites for hydroxylation is 2. The molecule has 2 aromatic rings. The van der Waals surface area contributed by atoms with Gasteiger partial charge in [0.15, 0.2) is 0 Å². The van der Waals surface area contributed by atoms with Crippen LogP contribution in [0.3, 0.4) is 0 Å². The van der Waals surface area contributed by atoms with Crippen LogP contribution in [-0.4, -0.2) is 9.97 Å². The summed E-state index contributed by atoms with van der Waals surface area (Å²) >= 11 is 1.70. The lowest BCUT2D eigenvalue weighted by Crippen LogP contribution is -2.06. The van der Waals surface area contributed by atoms with Crippen molar-refractivity contribution in [2.75, 3.05) is 5.32 Å². The molecule has 0 aliphatic carbocycles. The van der Waals surface area contributed by atoms with E-state index in [9.17, 15) is 0 Å². The van der Waals surface area contributed by atoms with Gasteiger partial charge < -0.3 is 5.32 Å². The fourth-order valence-electron chi connectivity index (χ4n) is 1.81. The van der Waals surface area contributed by atoms with Crippen LogP contribution in [0.15, 0.2) is 18.3 Å². The van der Waals surface area contributed by atoms with Crippen molar-refractivity contribution in [3.05, 3.63) is 39.6 Å². The number of hydrogen-bond donors (Lipinski definition) is 1. The van der Waals surface area contributed by atoms with Crippen LogP contribution in [0.1, 0.15) is 34.2 Å². The molecule has 5 heteroatoms. The van der Waals surface area contributed by atoms with Gasteiger partial charge in [-0.25, -0.2) is 9.97 Å². The Labute approximate surface area is 110 Å². The van der Waals surface area contributed by atoms with Crippen molar-refractivity contribution in [2.24, 2.45) is 0 Å². The molecule has 0 saturated carbocycles. The van der Waals surface area contributed by atoms with E-state index >= 15 is 0 Å². The maximum absolute atomic E-state index is 8.69. The molecule has 2 aromatic heterocycles. The van der Waals surface area contributed by atoms with E-state index in [2.05, 4.69) is 22.2 Å². The first-order chi connectivity index (χ1) is 8.60. The largest absolute Gasteiger partial charge is 0.376 e. The number of rotatable bonds is 3. The highest BCUT2D eigenvalue weighted by molar-refractivity contribution is 7.11. The first-order valence-corrected chi connectivity index (χ1v) is 6.48.